The number of anilines is 1. The summed E-state index contributed by atoms with van der Waals surface area (Å²) in [6.07, 6.45) is -0.155. The SMILES string of the molecule is COC(=O)Cc1c(C)c2ccc(OCC(=O)N(C)c3ccccc3)c(C)c2oc1=O. The average Bonchev–Trinajstić information content (AvgIpc) is 2.76. The van der Waals surface area contributed by atoms with E-state index in [2.05, 4.69) is 4.74 Å². The number of amides is 1. The molecule has 1 aromatic heterocycles. The lowest BCUT2D eigenvalue weighted by Crippen LogP contribution is -2.31. The Hall–Kier alpha value is -3.61. The van der Waals surface area contributed by atoms with E-state index in [0.29, 0.717) is 27.8 Å². The van der Waals surface area contributed by atoms with Crippen molar-refractivity contribution in [2.75, 3.05) is 25.7 Å². The summed E-state index contributed by atoms with van der Waals surface area (Å²) >= 11 is 0. The van der Waals surface area contributed by atoms with Crippen LogP contribution in [0.15, 0.2) is 51.7 Å². The van der Waals surface area contributed by atoms with Crippen molar-refractivity contribution in [3.05, 3.63) is 69.6 Å². The molecule has 1 heterocycles. The van der Waals surface area contributed by atoms with Crippen LogP contribution in [0.5, 0.6) is 5.75 Å². The first kappa shape index (κ1) is 21.1. The molecule has 0 aliphatic rings. The maximum absolute atomic E-state index is 12.5. The van der Waals surface area contributed by atoms with Crippen molar-refractivity contribution >= 4 is 28.5 Å². The molecule has 0 radical (unpaired) electrons. The van der Waals surface area contributed by atoms with Crippen LogP contribution in [-0.4, -0.2) is 32.6 Å². The predicted octanol–water partition coefficient (Wildman–Crippen LogP) is 3.17. The molecule has 156 valence electrons. The first-order valence-corrected chi connectivity index (χ1v) is 9.40. The molecule has 1 amide bonds. The first-order chi connectivity index (χ1) is 14.3. The van der Waals surface area contributed by atoms with Crippen LogP contribution in [0.25, 0.3) is 11.0 Å². The van der Waals surface area contributed by atoms with Crippen LogP contribution in [0.4, 0.5) is 5.69 Å². The number of benzene rings is 2. The lowest BCUT2D eigenvalue weighted by atomic mass is 10.0. The van der Waals surface area contributed by atoms with Crippen LogP contribution >= 0.6 is 0 Å². The van der Waals surface area contributed by atoms with Crippen molar-refractivity contribution in [3.63, 3.8) is 0 Å². The van der Waals surface area contributed by atoms with Gasteiger partial charge in [0, 0.05) is 23.7 Å². The molecule has 0 saturated carbocycles. The Labute approximate surface area is 173 Å². The average molecular weight is 409 g/mol. The summed E-state index contributed by atoms with van der Waals surface area (Å²) in [6.45, 7) is 3.35. The molecule has 0 atom stereocenters. The number of fused-ring (bicyclic) bond motifs is 1. The first-order valence-electron chi connectivity index (χ1n) is 9.40. The largest absolute Gasteiger partial charge is 0.483 e. The van der Waals surface area contributed by atoms with Gasteiger partial charge in [0.2, 0.25) is 0 Å². The quantitative estimate of drug-likeness (QED) is 0.459. The summed E-state index contributed by atoms with van der Waals surface area (Å²) in [7, 11) is 2.95. The number of methoxy groups -OCH3 is 1. The van der Waals surface area contributed by atoms with Crippen molar-refractivity contribution in [2.24, 2.45) is 0 Å². The summed E-state index contributed by atoms with van der Waals surface area (Å²) in [5, 5.41) is 0.700. The van der Waals surface area contributed by atoms with Crippen LogP contribution in [0.3, 0.4) is 0 Å². The van der Waals surface area contributed by atoms with E-state index >= 15 is 0 Å². The fourth-order valence-electron chi connectivity index (χ4n) is 3.18. The summed E-state index contributed by atoms with van der Waals surface area (Å²) in [5.41, 5.74) is 2.06. The van der Waals surface area contributed by atoms with Gasteiger partial charge in [0.25, 0.3) is 5.91 Å². The Morgan fingerprint density at radius 2 is 1.73 bits per heavy atom. The van der Waals surface area contributed by atoms with E-state index in [1.165, 1.54) is 12.0 Å². The number of hydrogen-bond acceptors (Lipinski definition) is 6. The number of likely N-dealkylation sites (N-methyl/N-ethyl adjacent to an activating group) is 1. The highest BCUT2D eigenvalue weighted by Gasteiger charge is 2.18. The Kier molecular flexibility index (Phi) is 6.20. The zero-order valence-electron chi connectivity index (χ0n) is 17.4. The number of nitrogens with zero attached hydrogens (tertiary/aromatic N) is 1. The molecule has 7 nitrogen and oxygen atoms in total. The molecule has 2 aromatic carbocycles. The van der Waals surface area contributed by atoms with Gasteiger partial charge in [-0.05, 0) is 43.7 Å². The van der Waals surface area contributed by atoms with Gasteiger partial charge in [-0.3, -0.25) is 9.59 Å². The molecule has 3 rings (SSSR count). The molecule has 0 saturated heterocycles. The van der Waals surface area contributed by atoms with E-state index in [1.54, 1.807) is 33.0 Å². The maximum Gasteiger partial charge on any atom is 0.340 e. The summed E-state index contributed by atoms with van der Waals surface area (Å²) in [6, 6.07) is 12.7. The summed E-state index contributed by atoms with van der Waals surface area (Å²) in [4.78, 5) is 38.0. The van der Waals surface area contributed by atoms with E-state index in [-0.39, 0.29) is 24.5 Å². The van der Waals surface area contributed by atoms with E-state index in [1.807, 2.05) is 30.3 Å². The summed E-state index contributed by atoms with van der Waals surface area (Å²) in [5.74, 6) is -0.283. The molecule has 7 heteroatoms. The highest BCUT2D eigenvalue weighted by molar-refractivity contribution is 5.94. The normalized spacial score (nSPS) is 10.7. The van der Waals surface area contributed by atoms with Gasteiger partial charge in [0.05, 0.1) is 19.1 Å². The molecule has 30 heavy (non-hydrogen) atoms. The van der Waals surface area contributed by atoms with Crippen LogP contribution in [0, 0.1) is 13.8 Å². The second-order valence-electron chi connectivity index (χ2n) is 6.89. The minimum atomic E-state index is -0.592. The number of carbonyl (C=O) groups is 2. The Morgan fingerprint density at radius 3 is 2.40 bits per heavy atom. The lowest BCUT2D eigenvalue weighted by molar-refractivity contribution is -0.139. The number of hydrogen-bond donors (Lipinski definition) is 0. The van der Waals surface area contributed by atoms with Gasteiger partial charge in [-0.25, -0.2) is 4.79 Å². The smallest absolute Gasteiger partial charge is 0.340 e. The van der Waals surface area contributed by atoms with Crippen LogP contribution in [-0.2, 0) is 20.7 Å². The highest BCUT2D eigenvalue weighted by Crippen LogP contribution is 2.29. The maximum atomic E-state index is 12.5. The fraction of sp³-hybridized carbons (Fsp3) is 0.261. The minimum absolute atomic E-state index is 0.155. The van der Waals surface area contributed by atoms with Crippen molar-refractivity contribution < 1.29 is 23.5 Å². The number of para-hydroxylation sites is 1. The van der Waals surface area contributed by atoms with Crippen LogP contribution in [0.2, 0.25) is 0 Å². The topological polar surface area (TPSA) is 86.1 Å². The van der Waals surface area contributed by atoms with Crippen LogP contribution < -0.4 is 15.3 Å². The standard InChI is InChI=1S/C23H23NO6/c1-14-17-10-11-19(29-13-20(25)24(3)16-8-6-5-7-9-16)15(2)22(17)30-23(27)18(14)12-21(26)28-4/h5-11H,12-13H2,1-4H3. The van der Waals surface area contributed by atoms with Gasteiger partial charge in [-0.1, -0.05) is 18.2 Å². The highest BCUT2D eigenvalue weighted by atomic mass is 16.5. The van der Waals surface area contributed by atoms with E-state index < -0.39 is 11.6 Å². The van der Waals surface area contributed by atoms with Crippen molar-refractivity contribution in [3.8, 4) is 5.75 Å². The minimum Gasteiger partial charge on any atom is -0.483 e. The summed E-state index contributed by atoms with van der Waals surface area (Å²) < 4.78 is 15.8. The molecule has 0 bridgehead atoms. The van der Waals surface area contributed by atoms with Crippen LogP contribution in [0.1, 0.15) is 16.7 Å². The Morgan fingerprint density at radius 1 is 1.03 bits per heavy atom. The fourth-order valence-corrected chi connectivity index (χ4v) is 3.18. The van der Waals surface area contributed by atoms with E-state index in [4.69, 9.17) is 9.15 Å². The molecule has 3 aromatic rings. The Bertz CT molecular complexity index is 1150. The monoisotopic (exact) mass is 409 g/mol. The van der Waals surface area contributed by atoms with Gasteiger partial charge in [-0.2, -0.15) is 0 Å². The van der Waals surface area contributed by atoms with Gasteiger partial charge in [0.1, 0.15) is 11.3 Å². The van der Waals surface area contributed by atoms with Gasteiger partial charge in [0.15, 0.2) is 6.61 Å². The molecule has 0 spiro atoms. The van der Waals surface area contributed by atoms with Gasteiger partial charge < -0.3 is 18.8 Å². The lowest BCUT2D eigenvalue weighted by Gasteiger charge is -2.18. The zero-order chi connectivity index (χ0) is 21.8. The second kappa shape index (κ2) is 8.82. The third-order valence-corrected chi connectivity index (χ3v) is 5.07. The zero-order valence-corrected chi connectivity index (χ0v) is 17.4. The second-order valence-corrected chi connectivity index (χ2v) is 6.89. The number of esters is 1. The van der Waals surface area contributed by atoms with Crippen molar-refractivity contribution in [2.45, 2.75) is 20.3 Å². The molecule has 0 N–H and O–H groups in total. The van der Waals surface area contributed by atoms with E-state index in [9.17, 15) is 14.4 Å². The third-order valence-electron chi connectivity index (χ3n) is 5.07. The molecule has 0 aliphatic carbocycles. The number of aryl methyl sites for hydroxylation is 2. The Balaban J connectivity index is 1.85. The van der Waals surface area contributed by atoms with E-state index in [0.717, 1.165) is 5.69 Å². The van der Waals surface area contributed by atoms with Crippen molar-refractivity contribution in [1.29, 1.82) is 0 Å². The predicted molar refractivity (Wildman–Crippen MR) is 113 cm³/mol. The van der Waals surface area contributed by atoms with Crippen molar-refractivity contribution in [1.82, 2.24) is 0 Å². The number of rotatable bonds is 6. The molecular weight excluding hydrogens is 386 g/mol. The number of ether oxygens (including phenoxy) is 2. The molecule has 0 aliphatic heterocycles. The molecule has 0 unspecified atom stereocenters. The molecule has 0 fully saturated rings. The van der Waals surface area contributed by atoms with Gasteiger partial charge >= 0.3 is 11.6 Å². The number of carbonyl (C=O) groups excluding carboxylic acids is 2. The molecular formula is C23H23NO6. The third kappa shape index (κ3) is 4.20. The van der Waals surface area contributed by atoms with Gasteiger partial charge in [-0.15, -0.1) is 0 Å².